The van der Waals surface area contributed by atoms with Crippen molar-refractivity contribution in [2.45, 2.75) is 44.7 Å². The maximum Gasteiger partial charge on any atom is 0.346 e. The predicted molar refractivity (Wildman–Crippen MR) is 105 cm³/mol. The predicted octanol–water partition coefficient (Wildman–Crippen LogP) is 3.78. The Morgan fingerprint density at radius 3 is 2.50 bits per heavy atom. The molecule has 1 fully saturated rings. The summed E-state index contributed by atoms with van der Waals surface area (Å²) >= 11 is 0. The fourth-order valence-electron chi connectivity index (χ4n) is 3.39. The number of Topliss-reactive ketones (excluding diaryl/α,β-unsaturated/α-hetero) is 1. The van der Waals surface area contributed by atoms with Gasteiger partial charge in [0.2, 0.25) is 0 Å². The largest absolute Gasteiger partial charge is 0.346 e. The first kappa shape index (κ1) is 18.3. The third-order valence-electron chi connectivity index (χ3n) is 4.99. The Bertz CT molecular complexity index is 1040. The van der Waals surface area contributed by atoms with Crippen molar-refractivity contribution in [3.05, 3.63) is 76.5 Å². The average molecular weight is 379 g/mol. The zero-order valence-corrected chi connectivity index (χ0v) is 15.6. The van der Waals surface area contributed by atoms with Crippen molar-refractivity contribution in [2.24, 2.45) is 0 Å². The molecule has 4 rings (SSSR count). The summed E-state index contributed by atoms with van der Waals surface area (Å²) in [6.07, 6.45) is 3.67. The summed E-state index contributed by atoms with van der Waals surface area (Å²) in [4.78, 5) is 25.2. The van der Waals surface area contributed by atoms with Crippen LogP contribution in [0, 0.1) is 5.82 Å². The SMILES string of the molecule is O=C(CCCc1ccccc1)Cn1nc(-c2ccccc2F)n(C2CC2)c1=O. The van der Waals surface area contributed by atoms with Gasteiger partial charge in [0.05, 0.1) is 5.56 Å². The van der Waals surface area contributed by atoms with Gasteiger partial charge in [-0.25, -0.2) is 13.9 Å². The monoisotopic (exact) mass is 379 g/mol. The Labute approximate surface area is 162 Å². The molecule has 0 saturated heterocycles. The maximum absolute atomic E-state index is 14.2. The fourth-order valence-corrected chi connectivity index (χ4v) is 3.39. The van der Waals surface area contributed by atoms with Crippen molar-refractivity contribution in [3.8, 4) is 11.4 Å². The van der Waals surface area contributed by atoms with Crippen LogP contribution in [-0.4, -0.2) is 20.1 Å². The molecule has 1 heterocycles. The number of halogens is 1. The normalized spacial score (nSPS) is 13.6. The van der Waals surface area contributed by atoms with Gasteiger partial charge in [0.25, 0.3) is 0 Å². The van der Waals surface area contributed by atoms with Crippen LogP contribution in [0.15, 0.2) is 59.4 Å². The zero-order chi connectivity index (χ0) is 19.5. The Morgan fingerprint density at radius 2 is 1.79 bits per heavy atom. The van der Waals surface area contributed by atoms with E-state index in [0.29, 0.717) is 17.8 Å². The van der Waals surface area contributed by atoms with Gasteiger partial charge in [-0.15, -0.1) is 5.10 Å². The Balaban J connectivity index is 1.49. The van der Waals surface area contributed by atoms with E-state index in [1.165, 1.54) is 20.9 Å². The van der Waals surface area contributed by atoms with E-state index in [1.54, 1.807) is 18.2 Å². The van der Waals surface area contributed by atoms with E-state index in [1.807, 2.05) is 30.3 Å². The molecule has 0 radical (unpaired) electrons. The minimum Gasteiger partial charge on any atom is -0.298 e. The lowest BCUT2D eigenvalue weighted by Crippen LogP contribution is -2.27. The maximum atomic E-state index is 14.2. The second kappa shape index (κ2) is 7.92. The highest BCUT2D eigenvalue weighted by Gasteiger charge is 2.31. The standard InChI is InChI=1S/C22H22FN3O2/c23-20-12-5-4-11-19(20)21-24-25(22(28)26(21)17-13-14-17)15-18(27)10-6-9-16-7-2-1-3-8-16/h1-5,7-8,11-12,17H,6,9-10,13-15H2. The van der Waals surface area contributed by atoms with Crippen LogP contribution >= 0.6 is 0 Å². The fraction of sp³-hybridized carbons (Fsp3) is 0.318. The van der Waals surface area contributed by atoms with Crippen LogP contribution in [0.5, 0.6) is 0 Å². The molecule has 144 valence electrons. The lowest BCUT2D eigenvalue weighted by atomic mass is 10.1. The third kappa shape index (κ3) is 3.96. The molecule has 1 aromatic heterocycles. The Kier molecular flexibility index (Phi) is 5.19. The van der Waals surface area contributed by atoms with Crippen LogP contribution in [-0.2, 0) is 17.8 Å². The van der Waals surface area contributed by atoms with Crippen molar-refractivity contribution < 1.29 is 9.18 Å². The highest BCUT2D eigenvalue weighted by molar-refractivity contribution is 5.78. The molecule has 0 amide bonds. The number of carbonyl (C=O) groups is 1. The highest BCUT2D eigenvalue weighted by Crippen LogP contribution is 2.36. The summed E-state index contributed by atoms with van der Waals surface area (Å²) < 4.78 is 17.0. The van der Waals surface area contributed by atoms with E-state index in [4.69, 9.17) is 0 Å². The smallest absolute Gasteiger partial charge is 0.298 e. The molecular weight excluding hydrogens is 357 g/mol. The molecule has 1 aliphatic carbocycles. The van der Waals surface area contributed by atoms with Gasteiger partial charge in [-0.2, -0.15) is 0 Å². The molecule has 0 atom stereocenters. The van der Waals surface area contributed by atoms with Crippen LogP contribution in [0.4, 0.5) is 4.39 Å². The molecule has 6 heteroatoms. The molecule has 5 nitrogen and oxygen atoms in total. The van der Waals surface area contributed by atoms with E-state index < -0.39 is 5.82 Å². The summed E-state index contributed by atoms with van der Waals surface area (Å²) in [7, 11) is 0. The van der Waals surface area contributed by atoms with Crippen molar-refractivity contribution in [2.75, 3.05) is 0 Å². The van der Waals surface area contributed by atoms with Crippen LogP contribution in [0.2, 0.25) is 0 Å². The molecule has 0 unspecified atom stereocenters. The topological polar surface area (TPSA) is 56.9 Å². The minimum absolute atomic E-state index is 0.0430. The zero-order valence-electron chi connectivity index (χ0n) is 15.6. The number of ketones is 1. The summed E-state index contributed by atoms with van der Waals surface area (Å²) in [6.45, 7) is -0.0746. The molecule has 0 bridgehead atoms. The number of rotatable bonds is 8. The van der Waals surface area contributed by atoms with Gasteiger partial charge in [-0.1, -0.05) is 42.5 Å². The lowest BCUT2D eigenvalue weighted by molar-refractivity contribution is -0.119. The van der Waals surface area contributed by atoms with Crippen LogP contribution in [0.1, 0.15) is 37.3 Å². The molecular formula is C22H22FN3O2. The summed E-state index contributed by atoms with van der Waals surface area (Å²) in [5.74, 6) is -0.156. The molecule has 2 aromatic carbocycles. The third-order valence-corrected chi connectivity index (χ3v) is 4.99. The van der Waals surface area contributed by atoms with E-state index >= 15 is 0 Å². The van der Waals surface area contributed by atoms with Crippen molar-refractivity contribution in [1.29, 1.82) is 0 Å². The lowest BCUT2D eigenvalue weighted by Gasteiger charge is -2.04. The van der Waals surface area contributed by atoms with Gasteiger partial charge < -0.3 is 0 Å². The van der Waals surface area contributed by atoms with Gasteiger partial charge in [-0.3, -0.25) is 9.36 Å². The molecule has 28 heavy (non-hydrogen) atoms. The van der Waals surface area contributed by atoms with Crippen LogP contribution < -0.4 is 5.69 Å². The van der Waals surface area contributed by atoms with Gasteiger partial charge in [0.1, 0.15) is 12.4 Å². The molecule has 1 aliphatic rings. The Hall–Kier alpha value is -3.02. The number of aromatic nitrogens is 3. The summed E-state index contributed by atoms with van der Waals surface area (Å²) in [5.41, 5.74) is 1.14. The van der Waals surface area contributed by atoms with Gasteiger partial charge in [0.15, 0.2) is 11.6 Å². The summed E-state index contributed by atoms with van der Waals surface area (Å²) in [6, 6.07) is 16.3. The second-order valence-corrected chi connectivity index (χ2v) is 7.22. The van der Waals surface area contributed by atoms with Crippen molar-refractivity contribution in [3.63, 3.8) is 0 Å². The first-order valence-corrected chi connectivity index (χ1v) is 9.63. The van der Waals surface area contributed by atoms with E-state index in [2.05, 4.69) is 5.10 Å². The number of hydrogen-bond donors (Lipinski definition) is 0. The van der Waals surface area contributed by atoms with Gasteiger partial charge >= 0.3 is 5.69 Å². The number of benzene rings is 2. The molecule has 0 N–H and O–H groups in total. The van der Waals surface area contributed by atoms with Crippen LogP contribution in [0.25, 0.3) is 11.4 Å². The quantitative estimate of drug-likeness (QED) is 0.599. The molecule has 3 aromatic rings. The van der Waals surface area contributed by atoms with E-state index in [9.17, 15) is 14.0 Å². The first-order valence-electron chi connectivity index (χ1n) is 9.63. The molecule has 1 saturated carbocycles. The van der Waals surface area contributed by atoms with E-state index in [-0.39, 0.29) is 24.1 Å². The number of aryl methyl sites for hydroxylation is 1. The van der Waals surface area contributed by atoms with Gasteiger partial charge in [-0.05, 0) is 43.4 Å². The van der Waals surface area contributed by atoms with E-state index in [0.717, 1.165) is 25.7 Å². The van der Waals surface area contributed by atoms with Crippen molar-refractivity contribution in [1.82, 2.24) is 14.3 Å². The minimum atomic E-state index is -0.421. The average Bonchev–Trinajstić information content (AvgIpc) is 3.48. The second-order valence-electron chi connectivity index (χ2n) is 7.22. The molecule has 0 aliphatic heterocycles. The number of carbonyl (C=O) groups excluding carboxylic acids is 1. The van der Waals surface area contributed by atoms with Gasteiger partial charge in [0, 0.05) is 12.5 Å². The molecule has 0 spiro atoms. The highest BCUT2D eigenvalue weighted by atomic mass is 19.1. The Morgan fingerprint density at radius 1 is 1.07 bits per heavy atom. The van der Waals surface area contributed by atoms with Crippen molar-refractivity contribution >= 4 is 5.78 Å². The summed E-state index contributed by atoms with van der Waals surface area (Å²) in [5, 5.41) is 4.31. The number of nitrogens with zero attached hydrogens (tertiary/aromatic N) is 3. The first-order chi connectivity index (χ1) is 13.6. The number of hydrogen-bond acceptors (Lipinski definition) is 3. The van der Waals surface area contributed by atoms with Crippen LogP contribution in [0.3, 0.4) is 0 Å².